The van der Waals surface area contributed by atoms with Gasteiger partial charge in [0.1, 0.15) is 11.8 Å². The number of hydrogen-bond acceptors (Lipinski definition) is 3. The lowest BCUT2D eigenvalue weighted by Crippen LogP contribution is -2.51. The molecule has 20 heavy (non-hydrogen) atoms. The Hall–Kier alpha value is -2.04. The lowest BCUT2D eigenvalue weighted by molar-refractivity contribution is -0.130. The molecule has 0 spiro atoms. The van der Waals surface area contributed by atoms with Gasteiger partial charge in [0.2, 0.25) is 5.91 Å². The average molecular weight is 278 g/mol. The number of amides is 2. The topological polar surface area (TPSA) is 67.4 Å². The highest BCUT2D eigenvalue weighted by Crippen LogP contribution is 2.07. The molecule has 0 heterocycles. The van der Waals surface area contributed by atoms with Crippen molar-refractivity contribution < 1.29 is 14.3 Å². The number of hydrogen-bond donors (Lipinski definition) is 2. The van der Waals surface area contributed by atoms with Gasteiger partial charge < -0.3 is 15.4 Å². The third kappa shape index (κ3) is 6.22. The summed E-state index contributed by atoms with van der Waals surface area (Å²) in [6.45, 7) is 7.19. The molecule has 0 bridgehead atoms. The van der Waals surface area contributed by atoms with E-state index >= 15 is 0 Å². The number of carbonyl (C=O) groups is 2. The molecule has 1 atom stereocenters. The second-order valence-electron chi connectivity index (χ2n) is 5.63. The van der Waals surface area contributed by atoms with E-state index in [4.69, 9.17) is 4.74 Å². The highest BCUT2D eigenvalue weighted by atomic mass is 16.5. The molecule has 1 unspecified atom stereocenters. The summed E-state index contributed by atoms with van der Waals surface area (Å²) in [6.07, 6.45) is 0. The van der Waals surface area contributed by atoms with Gasteiger partial charge in [0, 0.05) is 5.54 Å². The van der Waals surface area contributed by atoms with Crippen LogP contribution in [0.5, 0.6) is 5.75 Å². The normalized spacial score (nSPS) is 12.4. The predicted molar refractivity (Wildman–Crippen MR) is 77.4 cm³/mol. The summed E-state index contributed by atoms with van der Waals surface area (Å²) in [5.41, 5.74) is -0.323. The summed E-state index contributed by atoms with van der Waals surface area (Å²) in [4.78, 5) is 23.5. The molecule has 0 saturated carbocycles. The highest BCUT2D eigenvalue weighted by Gasteiger charge is 2.20. The monoisotopic (exact) mass is 278 g/mol. The zero-order valence-electron chi connectivity index (χ0n) is 12.4. The molecule has 0 saturated heterocycles. The van der Waals surface area contributed by atoms with Crippen molar-refractivity contribution in [1.82, 2.24) is 10.6 Å². The van der Waals surface area contributed by atoms with Crippen molar-refractivity contribution in [2.45, 2.75) is 39.3 Å². The lowest BCUT2D eigenvalue weighted by atomic mass is 10.1. The molecule has 1 aromatic rings. The van der Waals surface area contributed by atoms with Crippen LogP contribution < -0.4 is 15.4 Å². The first kappa shape index (κ1) is 16.0. The Morgan fingerprint density at radius 3 is 2.35 bits per heavy atom. The quantitative estimate of drug-likeness (QED) is 0.857. The van der Waals surface area contributed by atoms with Crippen LogP contribution in [0.25, 0.3) is 0 Å². The maximum Gasteiger partial charge on any atom is 0.258 e. The Labute approximate surface area is 119 Å². The van der Waals surface area contributed by atoms with E-state index < -0.39 is 6.04 Å². The Morgan fingerprint density at radius 2 is 1.80 bits per heavy atom. The van der Waals surface area contributed by atoms with Crippen LogP contribution in [0.3, 0.4) is 0 Å². The molecule has 5 heteroatoms. The first-order chi connectivity index (χ1) is 9.28. The fourth-order valence-electron chi connectivity index (χ4n) is 1.49. The molecule has 2 N–H and O–H groups in total. The van der Waals surface area contributed by atoms with Crippen LogP contribution in [0.15, 0.2) is 30.3 Å². The standard InChI is InChI=1S/C15H22N2O3/c1-11(14(19)17-15(2,3)4)16-13(18)10-20-12-8-6-5-7-9-12/h5-9,11H,10H2,1-4H3,(H,16,18)(H,17,19). The minimum Gasteiger partial charge on any atom is -0.484 e. The molecule has 0 aliphatic heterocycles. The summed E-state index contributed by atoms with van der Waals surface area (Å²) in [5.74, 6) is 0.0745. The van der Waals surface area contributed by atoms with E-state index in [0.717, 1.165) is 0 Å². The minimum absolute atomic E-state index is 0.114. The second kappa shape index (κ2) is 6.93. The highest BCUT2D eigenvalue weighted by molar-refractivity contribution is 5.88. The molecule has 5 nitrogen and oxygen atoms in total. The third-order valence-corrected chi connectivity index (χ3v) is 2.38. The van der Waals surface area contributed by atoms with Crippen molar-refractivity contribution in [1.29, 1.82) is 0 Å². The van der Waals surface area contributed by atoms with Gasteiger partial charge in [0.25, 0.3) is 5.91 Å². The van der Waals surface area contributed by atoms with Crippen LogP contribution in [-0.2, 0) is 9.59 Å². The van der Waals surface area contributed by atoms with Gasteiger partial charge in [0.05, 0.1) is 0 Å². The molecule has 0 aliphatic carbocycles. The van der Waals surface area contributed by atoms with Gasteiger partial charge in [-0.05, 0) is 39.8 Å². The SMILES string of the molecule is CC(NC(=O)COc1ccccc1)C(=O)NC(C)(C)C. The van der Waals surface area contributed by atoms with Crippen molar-refractivity contribution in [3.8, 4) is 5.75 Å². The Morgan fingerprint density at radius 1 is 1.20 bits per heavy atom. The minimum atomic E-state index is -0.596. The van der Waals surface area contributed by atoms with Crippen LogP contribution in [0.1, 0.15) is 27.7 Å². The maximum atomic E-state index is 11.8. The van der Waals surface area contributed by atoms with E-state index in [9.17, 15) is 9.59 Å². The largest absolute Gasteiger partial charge is 0.484 e. The number of rotatable bonds is 5. The van der Waals surface area contributed by atoms with Crippen LogP contribution in [-0.4, -0.2) is 30.0 Å². The van der Waals surface area contributed by atoms with Crippen molar-refractivity contribution in [3.05, 3.63) is 30.3 Å². The first-order valence-electron chi connectivity index (χ1n) is 6.57. The molecule has 0 aliphatic rings. The Kier molecular flexibility index (Phi) is 5.55. The summed E-state index contributed by atoms with van der Waals surface area (Å²) < 4.78 is 5.31. The molecule has 2 amide bonds. The number of para-hydroxylation sites is 1. The molecule has 1 rings (SSSR count). The van der Waals surface area contributed by atoms with E-state index in [1.165, 1.54) is 0 Å². The smallest absolute Gasteiger partial charge is 0.258 e. The van der Waals surface area contributed by atoms with Gasteiger partial charge >= 0.3 is 0 Å². The number of ether oxygens (including phenoxy) is 1. The van der Waals surface area contributed by atoms with E-state index in [2.05, 4.69) is 10.6 Å². The van der Waals surface area contributed by atoms with Crippen LogP contribution in [0.4, 0.5) is 0 Å². The molecule has 110 valence electrons. The number of nitrogens with one attached hydrogen (secondary N) is 2. The molecule has 1 aromatic carbocycles. The van der Waals surface area contributed by atoms with Crippen molar-refractivity contribution in [2.75, 3.05) is 6.61 Å². The maximum absolute atomic E-state index is 11.8. The Bertz CT molecular complexity index is 452. The summed E-state index contributed by atoms with van der Waals surface area (Å²) in [7, 11) is 0. The number of carbonyl (C=O) groups excluding carboxylic acids is 2. The zero-order valence-corrected chi connectivity index (χ0v) is 12.4. The van der Waals surface area contributed by atoms with Gasteiger partial charge in [-0.2, -0.15) is 0 Å². The average Bonchev–Trinajstić information content (AvgIpc) is 2.35. The van der Waals surface area contributed by atoms with Gasteiger partial charge in [0.15, 0.2) is 6.61 Å². The lowest BCUT2D eigenvalue weighted by Gasteiger charge is -2.23. The molecular weight excluding hydrogens is 256 g/mol. The van der Waals surface area contributed by atoms with Crippen LogP contribution in [0.2, 0.25) is 0 Å². The Balaban J connectivity index is 2.36. The summed E-state index contributed by atoms with van der Waals surface area (Å²) >= 11 is 0. The van der Waals surface area contributed by atoms with Crippen LogP contribution in [0, 0.1) is 0 Å². The molecule has 0 fully saturated rings. The molecule has 0 aromatic heterocycles. The number of benzene rings is 1. The summed E-state index contributed by atoms with van der Waals surface area (Å²) in [6, 6.07) is 8.46. The van der Waals surface area contributed by atoms with Gasteiger partial charge in [-0.3, -0.25) is 9.59 Å². The van der Waals surface area contributed by atoms with Crippen molar-refractivity contribution in [2.24, 2.45) is 0 Å². The van der Waals surface area contributed by atoms with E-state index in [1.807, 2.05) is 39.0 Å². The van der Waals surface area contributed by atoms with E-state index in [-0.39, 0.29) is 24.0 Å². The van der Waals surface area contributed by atoms with Crippen molar-refractivity contribution >= 4 is 11.8 Å². The predicted octanol–water partition coefficient (Wildman–Crippen LogP) is 1.48. The fraction of sp³-hybridized carbons (Fsp3) is 0.467. The molecule has 0 radical (unpaired) electrons. The van der Waals surface area contributed by atoms with Crippen LogP contribution >= 0.6 is 0 Å². The zero-order chi connectivity index (χ0) is 15.2. The van der Waals surface area contributed by atoms with Gasteiger partial charge in [-0.1, -0.05) is 18.2 Å². The van der Waals surface area contributed by atoms with E-state index in [0.29, 0.717) is 5.75 Å². The van der Waals surface area contributed by atoms with Gasteiger partial charge in [-0.25, -0.2) is 0 Å². The fourth-order valence-corrected chi connectivity index (χ4v) is 1.49. The summed E-state index contributed by atoms with van der Waals surface area (Å²) in [5, 5.41) is 5.40. The second-order valence-corrected chi connectivity index (χ2v) is 5.63. The molecular formula is C15H22N2O3. The van der Waals surface area contributed by atoms with Gasteiger partial charge in [-0.15, -0.1) is 0 Å². The van der Waals surface area contributed by atoms with Crippen molar-refractivity contribution in [3.63, 3.8) is 0 Å². The third-order valence-electron chi connectivity index (χ3n) is 2.38. The first-order valence-corrected chi connectivity index (χ1v) is 6.57. The van der Waals surface area contributed by atoms with E-state index in [1.54, 1.807) is 19.1 Å².